The molecule has 0 unspecified atom stereocenters. The predicted molar refractivity (Wildman–Crippen MR) is 127 cm³/mol. The molecule has 0 aromatic heterocycles. The first-order chi connectivity index (χ1) is 17.1. The lowest BCUT2D eigenvalue weighted by atomic mass is 10.00. The Balaban J connectivity index is 2.07. The van der Waals surface area contributed by atoms with Crippen molar-refractivity contribution < 1.29 is 28.7 Å². The molecule has 3 rings (SSSR count). The number of hydrogen-bond donors (Lipinski definition) is 1. The topological polar surface area (TPSA) is 159 Å². The third-order valence-corrected chi connectivity index (χ3v) is 5.39. The number of nitrogens with zero attached hydrogens (tertiary/aromatic N) is 3. The average molecular weight is 496 g/mol. The van der Waals surface area contributed by atoms with Crippen LogP contribution in [0.15, 0.2) is 66.7 Å². The summed E-state index contributed by atoms with van der Waals surface area (Å²) in [6, 6.07) is 14.3. The van der Waals surface area contributed by atoms with Gasteiger partial charge in [0.2, 0.25) is 0 Å². The van der Waals surface area contributed by atoms with Crippen molar-refractivity contribution in [3.63, 3.8) is 0 Å². The lowest BCUT2D eigenvalue weighted by Crippen LogP contribution is -2.47. The van der Waals surface area contributed by atoms with E-state index in [1.807, 2.05) is 0 Å². The molecule has 0 aliphatic rings. The summed E-state index contributed by atoms with van der Waals surface area (Å²) in [5.74, 6) is 3.05. The molecule has 0 bridgehead atoms. The van der Waals surface area contributed by atoms with Crippen LogP contribution < -0.4 is 10.8 Å². The highest BCUT2D eigenvalue weighted by atomic mass is 19.1. The molecule has 0 amide bonds. The van der Waals surface area contributed by atoms with Gasteiger partial charge >= 0.3 is 5.97 Å². The minimum absolute atomic E-state index is 0.0986. The zero-order valence-electron chi connectivity index (χ0n) is 19.0. The van der Waals surface area contributed by atoms with E-state index in [1.165, 1.54) is 24.0 Å². The standard InChI is InChI=1S/C24H21FN4O7/c1-15(30)14-27(23(24(31)36-26)11-16-5-3-2-4-6-16)17-7-9-19(21(25)12-17)20-10-8-18(28(32)33)13-22(20)29(34)35/h2-10,12-13,23H,11,14,26H2,1H3/t23-/m0/s1. The van der Waals surface area contributed by atoms with Gasteiger partial charge in [0, 0.05) is 23.7 Å². The highest BCUT2D eigenvalue weighted by Gasteiger charge is 2.30. The third kappa shape index (κ3) is 5.85. The Labute approximate surface area is 204 Å². The number of nitro benzene ring substituents is 2. The molecular weight excluding hydrogens is 475 g/mol. The van der Waals surface area contributed by atoms with Crippen LogP contribution in [0.3, 0.4) is 0 Å². The van der Waals surface area contributed by atoms with Crippen molar-refractivity contribution in [1.29, 1.82) is 0 Å². The molecule has 3 aromatic rings. The van der Waals surface area contributed by atoms with Crippen molar-refractivity contribution in [1.82, 2.24) is 0 Å². The van der Waals surface area contributed by atoms with Crippen LogP contribution in [-0.2, 0) is 20.8 Å². The van der Waals surface area contributed by atoms with E-state index in [-0.39, 0.29) is 35.6 Å². The van der Waals surface area contributed by atoms with Crippen molar-refractivity contribution >= 4 is 28.8 Å². The fourth-order valence-corrected chi connectivity index (χ4v) is 3.77. The van der Waals surface area contributed by atoms with E-state index in [0.717, 1.165) is 29.8 Å². The molecule has 11 nitrogen and oxygen atoms in total. The van der Waals surface area contributed by atoms with Gasteiger partial charge in [-0.05, 0) is 36.8 Å². The van der Waals surface area contributed by atoms with Crippen LogP contribution in [0.2, 0.25) is 0 Å². The van der Waals surface area contributed by atoms with E-state index in [2.05, 4.69) is 4.84 Å². The van der Waals surface area contributed by atoms with Gasteiger partial charge in [0.25, 0.3) is 11.4 Å². The fraction of sp³-hybridized carbons (Fsp3) is 0.167. The number of ketones is 1. The number of carbonyl (C=O) groups is 2. The van der Waals surface area contributed by atoms with Gasteiger partial charge in [0.05, 0.1) is 28.0 Å². The molecule has 0 saturated carbocycles. The molecule has 0 aliphatic heterocycles. The molecule has 0 saturated heterocycles. The highest BCUT2D eigenvalue weighted by Crippen LogP contribution is 2.36. The lowest BCUT2D eigenvalue weighted by Gasteiger charge is -2.31. The van der Waals surface area contributed by atoms with E-state index in [9.17, 15) is 29.8 Å². The SMILES string of the molecule is CC(=O)CN(c1ccc(-c2ccc([N+](=O)[O-])cc2[N+](=O)[O-])c(F)c1)[C@@H](Cc1ccccc1)C(=O)ON. The Hall–Kier alpha value is -4.71. The van der Waals surface area contributed by atoms with Crippen molar-refractivity contribution in [3.8, 4) is 11.1 Å². The monoisotopic (exact) mass is 496 g/mol. The summed E-state index contributed by atoms with van der Waals surface area (Å²) in [6.07, 6.45) is 0.0986. The number of halogens is 1. The molecule has 0 spiro atoms. The van der Waals surface area contributed by atoms with Gasteiger partial charge < -0.3 is 9.74 Å². The van der Waals surface area contributed by atoms with Crippen LogP contribution in [0.5, 0.6) is 0 Å². The van der Waals surface area contributed by atoms with Crippen LogP contribution in [0.1, 0.15) is 12.5 Å². The van der Waals surface area contributed by atoms with Crippen molar-refractivity contribution in [2.24, 2.45) is 5.90 Å². The molecule has 0 aliphatic carbocycles. The van der Waals surface area contributed by atoms with Crippen LogP contribution >= 0.6 is 0 Å². The third-order valence-electron chi connectivity index (χ3n) is 5.39. The Morgan fingerprint density at radius 1 is 1.00 bits per heavy atom. The molecular formula is C24H21FN4O7. The number of nitrogens with two attached hydrogens (primary N) is 1. The molecule has 1 atom stereocenters. The zero-order chi connectivity index (χ0) is 26.4. The fourth-order valence-electron chi connectivity index (χ4n) is 3.77. The summed E-state index contributed by atoms with van der Waals surface area (Å²) in [5, 5.41) is 22.5. The molecule has 2 N–H and O–H groups in total. The van der Waals surface area contributed by atoms with E-state index in [0.29, 0.717) is 0 Å². The first kappa shape index (κ1) is 25.9. The van der Waals surface area contributed by atoms with Crippen LogP contribution in [0.4, 0.5) is 21.5 Å². The summed E-state index contributed by atoms with van der Waals surface area (Å²) < 4.78 is 15.3. The maximum Gasteiger partial charge on any atom is 0.347 e. The maximum absolute atomic E-state index is 15.3. The minimum Gasteiger partial charge on any atom is -0.372 e. The largest absolute Gasteiger partial charge is 0.372 e. The number of carbonyl (C=O) groups excluding carboxylic acids is 2. The number of nitro groups is 2. The summed E-state index contributed by atoms with van der Waals surface area (Å²) in [4.78, 5) is 51.2. The molecule has 3 aromatic carbocycles. The van der Waals surface area contributed by atoms with Crippen LogP contribution in [0.25, 0.3) is 11.1 Å². The number of rotatable bonds is 10. The second-order valence-corrected chi connectivity index (χ2v) is 7.85. The molecule has 0 fully saturated rings. The predicted octanol–water partition coefficient (Wildman–Crippen LogP) is 3.73. The second kappa shape index (κ2) is 11.1. The number of benzene rings is 3. The first-order valence-corrected chi connectivity index (χ1v) is 10.6. The first-order valence-electron chi connectivity index (χ1n) is 10.6. The molecule has 12 heteroatoms. The van der Waals surface area contributed by atoms with Gasteiger partial charge in [-0.3, -0.25) is 25.0 Å². The highest BCUT2D eigenvalue weighted by molar-refractivity contribution is 5.87. The van der Waals surface area contributed by atoms with Crippen molar-refractivity contribution in [2.45, 2.75) is 19.4 Å². The Bertz CT molecular complexity index is 1320. The van der Waals surface area contributed by atoms with Gasteiger partial charge in [-0.1, -0.05) is 30.3 Å². The van der Waals surface area contributed by atoms with Crippen molar-refractivity contribution in [2.75, 3.05) is 11.4 Å². The number of anilines is 1. The average Bonchev–Trinajstić information content (AvgIpc) is 2.85. The summed E-state index contributed by atoms with van der Waals surface area (Å²) in [5.41, 5.74) is -0.661. The minimum atomic E-state index is -1.08. The summed E-state index contributed by atoms with van der Waals surface area (Å²) >= 11 is 0. The van der Waals surface area contributed by atoms with E-state index in [1.54, 1.807) is 30.3 Å². The molecule has 186 valence electrons. The maximum atomic E-state index is 15.3. The Morgan fingerprint density at radius 3 is 2.22 bits per heavy atom. The quantitative estimate of drug-likeness (QED) is 0.326. The van der Waals surface area contributed by atoms with Gasteiger partial charge in [-0.15, -0.1) is 0 Å². The molecule has 0 radical (unpaired) electrons. The van der Waals surface area contributed by atoms with E-state index >= 15 is 4.39 Å². The summed E-state index contributed by atoms with van der Waals surface area (Å²) in [7, 11) is 0. The number of non-ortho nitro benzene ring substituents is 1. The molecule has 36 heavy (non-hydrogen) atoms. The Kier molecular flexibility index (Phi) is 8.02. The number of hydrogen-bond acceptors (Lipinski definition) is 9. The molecule has 0 heterocycles. The second-order valence-electron chi connectivity index (χ2n) is 7.85. The van der Waals surface area contributed by atoms with Gasteiger partial charge in [0.15, 0.2) is 0 Å². The van der Waals surface area contributed by atoms with Gasteiger partial charge in [-0.2, -0.15) is 5.90 Å². The van der Waals surface area contributed by atoms with Crippen molar-refractivity contribution in [3.05, 3.63) is 98.3 Å². The summed E-state index contributed by atoms with van der Waals surface area (Å²) in [6.45, 7) is 1.02. The van der Waals surface area contributed by atoms with E-state index < -0.39 is 39.0 Å². The van der Waals surface area contributed by atoms with Gasteiger partial charge in [0.1, 0.15) is 17.6 Å². The Morgan fingerprint density at radius 2 is 1.67 bits per heavy atom. The number of Topliss-reactive ketones (excluding diaryl/α,β-unsaturated/α-hetero) is 1. The zero-order valence-corrected chi connectivity index (χ0v) is 19.0. The van der Waals surface area contributed by atoms with Crippen LogP contribution in [0, 0.1) is 26.0 Å². The lowest BCUT2D eigenvalue weighted by molar-refractivity contribution is -0.393. The van der Waals surface area contributed by atoms with Gasteiger partial charge in [-0.25, -0.2) is 9.18 Å². The van der Waals surface area contributed by atoms with E-state index in [4.69, 9.17) is 5.90 Å². The van der Waals surface area contributed by atoms with Crippen LogP contribution in [-0.4, -0.2) is 34.2 Å². The smallest absolute Gasteiger partial charge is 0.347 e. The normalized spacial score (nSPS) is 11.4.